The molecule has 0 aliphatic heterocycles. The second-order valence-electron chi connectivity index (χ2n) is 4.76. The first-order valence-corrected chi connectivity index (χ1v) is 6.26. The van der Waals surface area contributed by atoms with Gasteiger partial charge >= 0.3 is 0 Å². The van der Waals surface area contributed by atoms with Crippen molar-refractivity contribution in [3.05, 3.63) is 35.3 Å². The van der Waals surface area contributed by atoms with Gasteiger partial charge in [0.2, 0.25) is 0 Å². The van der Waals surface area contributed by atoms with Crippen LogP contribution in [-0.2, 0) is 0 Å². The quantitative estimate of drug-likeness (QED) is 0.731. The van der Waals surface area contributed by atoms with E-state index in [1.165, 1.54) is 0 Å². The van der Waals surface area contributed by atoms with Crippen molar-refractivity contribution < 1.29 is 13.6 Å². The summed E-state index contributed by atoms with van der Waals surface area (Å²) in [6.07, 6.45) is 0.304. The van der Waals surface area contributed by atoms with Crippen LogP contribution in [0, 0.1) is 13.8 Å². The van der Waals surface area contributed by atoms with E-state index in [0.717, 1.165) is 22.3 Å². The first kappa shape index (κ1) is 12.0. The largest absolute Gasteiger partial charge is 0.461 e. The molecule has 0 bridgehead atoms. The normalized spacial score (nSPS) is 11.5. The number of Topliss-reactive ketones (excluding diaryl/α,β-unsaturated/α-hetero) is 1. The van der Waals surface area contributed by atoms with Crippen molar-refractivity contribution in [1.29, 1.82) is 0 Å². The second kappa shape index (κ2) is 4.24. The van der Waals surface area contributed by atoms with Crippen LogP contribution in [0.25, 0.3) is 21.9 Å². The Morgan fingerprint density at radius 1 is 1.16 bits per heavy atom. The summed E-state index contributed by atoms with van der Waals surface area (Å²) in [6, 6.07) is 5.69. The maximum absolute atomic E-state index is 12.3. The number of ketones is 1. The van der Waals surface area contributed by atoms with E-state index in [-0.39, 0.29) is 5.78 Å². The summed E-state index contributed by atoms with van der Waals surface area (Å²) in [5.41, 5.74) is 7.42. The minimum atomic E-state index is -0.00625. The lowest BCUT2D eigenvalue weighted by Gasteiger charge is -2.02. The molecule has 2 heterocycles. The van der Waals surface area contributed by atoms with Gasteiger partial charge in [-0.05, 0) is 38.6 Å². The molecule has 1 aromatic carbocycles. The molecule has 0 fully saturated rings. The molecule has 4 nitrogen and oxygen atoms in total. The van der Waals surface area contributed by atoms with E-state index in [9.17, 15) is 4.79 Å². The number of furan rings is 2. The van der Waals surface area contributed by atoms with Crippen molar-refractivity contribution in [3.8, 4) is 0 Å². The number of rotatable bonds is 3. The number of benzene rings is 1. The van der Waals surface area contributed by atoms with Crippen LogP contribution < -0.4 is 5.73 Å². The number of aryl methyl sites for hydroxylation is 2. The van der Waals surface area contributed by atoms with Gasteiger partial charge in [-0.2, -0.15) is 0 Å². The molecule has 19 heavy (non-hydrogen) atoms. The molecule has 3 rings (SSSR count). The fraction of sp³-hybridized carbons (Fsp3) is 0.267. The highest BCUT2D eigenvalue weighted by Crippen LogP contribution is 2.33. The lowest BCUT2D eigenvalue weighted by Crippen LogP contribution is -2.08. The topological polar surface area (TPSA) is 69.4 Å². The molecule has 0 radical (unpaired) electrons. The van der Waals surface area contributed by atoms with E-state index in [0.29, 0.717) is 29.7 Å². The summed E-state index contributed by atoms with van der Waals surface area (Å²) in [7, 11) is 0. The van der Waals surface area contributed by atoms with E-state index in [1.807, 2.05) is 32.0 Å². The number of hydrogen-bond acceptors (Lipinski definition) is 4. The Kier molecular flexibility index (Phi) is 2.68. The summed E-state index contributed by atoms with van der Waals surface area (Å²) < 4.78 is 11.3. The minimum Gasteiger partial charge on any atom is -0.461 e. The summed E-state index contributed by atoms with van der Waals surface area (Å²) in [6.45, 7) is 4.06. The highest BCUT2D eigenvalue weighted by atomic mass is 16.3. The Balaban J connectivity index is 2.41. The van der Waals surface area contributed by atoms with Crippen LogP contribution in [0.3, 0.4) is 0 Å². The van der Waals surface area contributed by atoms with E-state index in [4.69, 9.17) is 14.6 Å². The molecule has 0 saturated carbocycles. The third-order valence-corrected chi connectivity index (χ3v) is 3.20. The maximum Gasteiger partial charge on any atom is 0.168 e. The summed E-state index contributed by atoms with van der Waals surface area (Å²) in [5.74, 6) is 1.55. The van der Waals surface area contributed by atoms with Gasteiger partial charge in [-0.3, -0.25) is 4.79 Å². The number of carbonyl (C=O) groups is 1. The molecule has 0 spiro atoms. The van der Waals surface area contributed by atoms with Gasteiger partial charge in [-0.15, -0.1) is 0 Å². The smallest absolute Gasteiger partial charge is 0.168 e. The van der Waals surface area contributed by atoms with Crippen molar-refractivity contribution >= 4 is 27.7 Å². The average Bonchev–Trinajstić information content (AvgIpc) is 2.86. The van der Waals surface area contributed by atoms with Crippen LogP contribution in [0.2, 0.25) is 0 Å². The first-order valence-electron chi connectivity index (χ1n) is 6.26. The Hall–Kier alpha value is -2.07. The predicted octanol–water partition coefficient (Wildman–Crippen LogP) is 3.33. The molecule has 2 N–H and O–H groups in total. The second-order valence-corrected chi connectivity index (χ2v) is 4.76. The lowest BCUT2D eigenvalue weighted by molar-refractivity contribution is 0.0987. The van der Waals surface area contributed by atoms with Crippen molar-refractivity contribution in [2.24, 2.45) is 5.73 Å². The van der Waals surface area contributed by atoms with Gasteiger partial charge < -0.3 is 14.6 Å². The van der Waals surface area contributed by atoms with Crippen LogP contribution in [0.1, 0.15) is 28.3 Å². The van der Waals surface area contributed by atoms with Gasteiger partial charge in [0.1, 0.15) is 22.7 Å². The van der Waals surface area contributed by atoms with Crippen LogP contribution >= 0.6 is 0 Å². The molecule has 4 heteroatoms. The SMILES string of the molecule is Cc1cc2c(C(=O)CCN)c3oc(C)cc3cc2o1. The number of fused-ring (bicyclic) bond motifs is 2. The van der Waals surface area contributed by atoms with E-state index in [1.54, 1.807) is 0 Å². The summed E-state index contributed by atoms with van der Waals surface area (Å²) in [4.78, 5) is 12.3. The molecule has 0 unspecified atom stereocenters. The highest BCUT2D eigenvalue weighted by molar-refractivity contribution is 6.16. The number of nitrogens with two attached hydrogens (primary N) is 1. The average molecular weight is 257 g/mol. The van der Waals surface area contributed by atoms with Crippen molar-refractivity contribution in [2.45, 2.75) is 20.3 Å². The molecule has 3 aromatic rings. The number of carbonyl (C=O) groups excluding carboxylic acids is 1. The predicted molar refractivity (Wildman–Crippen MR) is 73.5 cm³/mol. The summed E-state index contributed by atoms with van der Waals surface area (Å²) >= 11 is 0. The maximum atomic E-state index is 12.3. The third-order valence-electron chi connectivity index (χ3n) is 3.20. The van der Waals surface area contributed by atoms with Crippen LogP contribution in [-0.4, -0.2) is 12.3 Å². The van der Waals surface area contributed by atoms with Crippen LogP contribution in [0.5, 0.6) is 0 Å². The van der Waals surface area contributed by atoms with E-state index in [2.05, 4.69) is 0 Å². The van der Waals surface area contributed by atoms with Gasteiger partial charge in [-0.25, -0.2) is 0 Å². The van der Waals surface area contributed by atoms with Gasteiger partial charge in [0.15, 0.2) is 5.78 Å². The molecule has 0 aliphatic carbocycles. The van der Waals surface area contributed by atoms with E-state index < -0.39 is 0 Å². The fourth-order valence-corrected chi connectivity index (χ4v) is 2.47. The Morgan fingerprint density at radius 2 is 1.89 bits per heavy atom. The van der Waals surface area contributed by atoms with Crippen molar-refractivity contribution in [2.75, 3.05) is 6.54 Å². The molecular formula is C15H15NO3. The van der Waals surface area contributed by atoms with Gasteiger partial charge in [-0.1, -0.05) is 0 Å². The lowest BCUT2D eigenvalue weighted by atomic mass is 10.0. The zero-order valence-corrected chi connectivity index (χ0v) is 10.9. The minimum absolute atomic E-state index is 0.00625. The third kappa shape index (κ3) is 1.85. The Bertz CT molecular complexity index is 725. The summed E-state index contributed by atoms with van der Waals surface area (Å²) in [5, 5.41) is 1.69. The van der Waals surface area contributed by atoms with Crippen LogP contribution in [0.4, 0.5) is 0 Å². The first-order chi connectivity index (χ1) is 9.10. The number of hydrogen-bond donors (Lipinski definition) is 1. The monoisotopic (exact) mass is 257 g/mol. The van der Waals surface area contributed by atoms with Gasteiger partial charge in [0.05, 0.1) is 5.56 Å². The fourth-order valence-electron chi connectivity index (χ4n) is 2.47. The van der Waals surface area contributed by atoms with Gasteiger partial charge in [0.25, 0.3) is 0 Å². The molecule has 2 aromatic heterocycles. The zero-order valence-electron chi connectivity index (χ0n) is 10.9. The Morgan fingerprint density at radius 3 is 2.63 bits per heavy atom. The molecule has 0 amide bonds. The highest BCUT2D eigenvalue weighted by Gasteiger charge is 2.19. The standard InChI is InChI=1S/C15H15NO3/c1-8-5-10-7-13-11(6-9(2)18-13)14(15(10)19-8)12(17)3-4-16/h5-7H,3-4,16H2,1-2H3. The van der Waals surface area contributed by atoms with E-state index >= 15 is 0 Å². The molecule has 0 aliphatic rings. The zero-order chi connectivity index (χ0) is 13.6. The molecular weight excluding hydrogens is 242 g/mol. The van der Waals surface area contributed by atoms with Gasteiger partial charge in [0, 0.05) is 17.2 Å². The van der Waals surface area contributed by atoms with Crippen molar-refractivity contribution in [3.63, 3.8) is 0 Å². The Labute approximate surface area is 110 Å². The molecule has 98 valence electrons. The molecule has 0 atom stereocenters. The van der Waals surface area contributed by atoms with Crippen molar-refractivity contribution in [1.82, 2.24) is 0 Å². The molecule has 0 saturated heterocycles. The van der Waals surface area contributed by atoms with Crippen LogP contribution in [0.15, 0.2) is 27.0 Å².